The maximum atomic E-state index is 8.81. The Labute approximate surface area is 91.3 Å². The number of hydrogen-bond acceptors (Lipinski definition) is 3. The molecular weight excluding hydrogens is 190 g/mol. The molecule has 1 aromatic rings. The number of ether oxygens (including phenoxy) is 1. The Hall–Kier alpha value is -1.22. The molecule has 0 saturated heterocycles. The predicted molar refractivity (Wildman–Crippen MR) is 62.6 cm³/mol. The van der Waals surface area contributed by atoms with E-state index in [1.165, 1.54) is 0 Å². The van der Waals surface area contributed by atoms with E-state index in [-0.39, 0.29) is 12.7 Å². The highest BCUT2D eigenvalue weighted by Gasteiger charge is 2.01. The Morgan fingerprint density at radius 2 is 1.87 bits per heavy atom. The lowest BCUT2D eigenvalue weighted by Gasteiger charge is -2.18. The first-order chi connectivity index (χ1) is 7.13. The molecule has 3 heteroatoms. The van der Waals surface area contributed by atoms with Crippen LogP contribution in [0.2, 0.25) is 0 Å². The van der Waals surface area contributed by atoms with E-state index in [0.717, 1.165) is 11.4 Å². The maximum Gasteiger partial charge on any atom is 0.119 e. The molecule has 0 spiro atoms. The smallest absolute Gasteiger partial charge is 0.119 e. The van der Waals surface area contributed by atoms with Crippen molar-refractivity contribution in [3.05, 3.63) is 24.3 Å². The Morgan fingerprint density at radius 1 is 1.27 bits per heavy atom. The zero-order chi connectivity index (χ0) is 11.3. The summed E-state index contributed by atoms with van der Waals surface area (Å²) in [6.07, 6.45) is 0.200. The number of rotatable bonds is 5. The average molecular weight is 209 g/mol. The van der Waals surface area contributed by atoms with Crippen molar-refractivity contribution in [2.75, 3.05) is 25.1 Å². The highest BCUT2D eigenvalue weighted by Crippen LogP contribution is 2.19. The molecule has 0 aliphatic rings. The van der Waals surface area contributed by atoms with Crippen LogP contribution in [0.15, 0.2) is 24.3 Å². The van der Waals surface area contributed by atoms with Gasteiger partial charge >= 0.3 is 0 Å². The number of likely N-dealkylation sites (N-methyl/N-ethyl adjacent to an activating group) is 1. The molecule has 0 unspecified atom stereocenters. The van der Waals surface area contributed by atoms with Gasteiger partial charge in [0.2, 0.25) is 0 Å². The number of aliphatic hydroxyl groups excluding tert-OH is 1. The maximum absolute atomic E-state index is 8.81. The number of nitrogens with zero attached hydrogens (tertiary/aromatic N) is 1. The van der Waals surface area contributed by atoms with Crippen LogP contribution in [-0.4, -0.2) is 31.4 Å². The van der Waals surface area contributed by atoms with Gasteiger partial charge in [0.05, 0.1) is 12.7 Å². The van der Waals surface area contributed by atoms with Gasteiger partial charge in [-0.05, 0) is 38.1 Å². The molecule has 0 aliphatic heterocycles. The summed E-state index contributed by atoms with van der Waals surface area (Å²) in [6.45, 7) is 4.82. The fourth-order valence-electron chi connectivity index (χ4n) is 1.33. The lowest BCUT2D eigenvalue weighted by Crippen LogP contribution is -2.20. The fraction of sp³-hybridized carbons (Fsp3) is 0.500. The van der Waals surface area contributed by atoms with Crippen molar-refractivity contribution >= 4 is 5.69 Å². The van der Waals surface area contributed by atoms with Gasteiger partial charge in [-0.3, -0.25) is 0 Å². The summed E-state index contributed by atoms with van der Waals surface area (Å²) < 4.78 is 5.54. The van der Waals surface area contributed by atoms with Crippen molar-refractivity contribution in [3.8, 4) is 5.75 Å². The van der Waals surface area contributed by atoms with Crippen molar-refractivity contribution in [1.82, 2.24) is 0 Å². The minimum atomic E-state index is 0.167. The van der Waals surface area contributed by atoms with Crippen molar-refractivity contribution in [2.45, 2.75) is 20.0 Å². The molecule has 0 aromatic heterocycles. The van der Waals surface area contributed by atoms with E-state index in [1.807, 2.05) is 50.1 Å². The molecule has 0 aliphatic carbocycles. The van der Waals surface area contributed by atoms with Gasteiger partial charge in [-0.1, -0.05) is 0 Å². The van der Waals surface area contributed by atoms with Gasteiger partial charge in [0.1, 0.15) is 5.75 Å². The highest BCUT2D eigenvalue weighted by molar-refractivity contribution is 5.48. The lowest BCUT2D eigenvalue weighted by atomic mass is 10.3. The van der Waals surface area contributed by atoms with Gasteiger partial charge < -0.3 is 14.7 Å². The molecule has 1 rings (SSSR count). The van der Waals surface area contributed by atoms with Crippen LogP contribution in [0.1, 0.15) is 13.8 Å². The molecule has 0 atom stereocenters. The first-order valence-electron chi connectivity index (χ1n) is 5.22. The Bertz CT molecular complexity index is 282. The molecule has 0 heterocycles. The minimum Gasteiger partial charge on any atom is -0.491 e. The number of benzene rings is 1. The Morgan fingerprint density at radius 3 is 2.33 bits per heavy atom. The van der Waals surface area contributed by atoms with Gasteiger partial charge in [-0.25, -0.2) is 0 Å². The second kappa shape index (κ2) is 5.61. The van der Waals surface area contributed by atoms with Crippen LogP contribution in [0.25, 0.3) is 0 Å². The number of anilines is 1. The molecule has 1 N–H and O–H groups in total. The molecule has 0 saturated carbocycles. The van der Waals surface area contributed by atoms with Crippen LogP contribution in [0.3, 0.4) is 0 Å². The molecule has 1 aromatic carbocycles. The SMILES string of the molecule is CC(C)Oc1ccc(N(C)CCO)cc1. The molecule has 15 heavy (non-hydrogen) atoms. The third kappa shape index (κ3) is 3.80. The lowest BCUT2D eigenvalue weighted by molar-refractivity contribution is 0.242. The van der Waals surface area contributed by atoms with E-state index in [2.05, 4.69) is 0 Å². The zero-order valence-electron chi connectivity index (χ0n) is 9.60. The summed E-state index contributed by atoms with van der Waals surface area (Å²) >= 11 is 0. The van der Waals surface area contributed by atoms with E-state index in [4.69, 9.17) is 9.84 Å². The molecular formula is C12H19NO2. The standard InChI is InChI=1S/C12H19NO2/c1-10(2)15-12-6-4-11(5-7-12)13(3)8-9-14/h4-7,10,14H,8-9H2,1-3H3. The summed E-state index contributed by atoms with van der Waals surface area (Å²) in [5.41, 5.74) is 1.08. The van der Waals surface area contributed by atoms with E-state index in [1.54, 1.807) is 0 Å². The molecule has 0 bridgehead atoms. The van der Waals surface area contributed by atoms with Gasteiger partial charge in [-0.15, -0.1) is 0 Å². The Balaban J connectivity index is 2.63. The molecule has 3 nitrogen and oxygen atoms in total. The monoisotopic (exact) mass is 209 g/mol. The van der Waals surface area contributed by atoms with Gasteiger partial charge in [-0.2, -0.15) is 0 Å². The van der Waals surface area contributed by atoms with Crippen LogP contribution in [-0.2, 0) is 0 Å². The van der Waals surface area contributed by atoms with Crippen molar-refractivity contribution in [3.63, 3.8) is 0 Å². The number of hydrogen-bond donors (Lipinski definition) is 1. The van der Waals surface area contributed by atoms with Crippen LogP contribution < -0.4 is 9.64 Å². The van der Waals surface area contributed by atoms with Crippen LogP contribution in [0.5, 0.6) is 5.75 Å². The molecule has 84 valence electrons. The number of aliphatic hydroxyl groups is 1. The normalized spacial score (nSPS) is 10.5. The summed E-state index contributed by atoms with van der Waals surface area (Å²) in [4.78, 5) is 2.00. The first kappa shape index (κ1) is 11.9. The third-order valence-corrected chi connectivity index (χ3v) is 2.08. The van der Waals surface area contributed by atoms with Crippen molar-refractivity contribution in [1.29, 1.82) is 0 Å². The van der Waals surface area contributed by atoms with Gasteiger partial charge in [0.25, 0.3) is 0 Å². The van der Waals surface area contributed by atoms with E-state index in [9.17, 15) is 0 Å². The first-order valence-corrected chi connectivity index (χ1v) is 5.22. The van der Waals surface area contributed by atoms with Crippen LogP contribution in [0.4, 0.5) is 5.69 Å². The minimum absolute atomic E-state index is 0.167. The summed E-state index contributed by atoms with van der Waals surface area (Å²) in [7, 11) is 1.95. The molecule has 0 amide bonds. The van der Waals surface area contributed by atoms with Crippen molar-refractivity contribution < 1.29 is 9.84 Å². The molecule has 0 radical (unpaired) electrons. The van der Waals surface area contributed by atoms with Gasteiger partial charge in [0.15, 0.2) is 0 Å². The van der Waals surface area contributed by atoms with Crippen LogP contribution >= 0.6 is 0 Å². The predicted octanol–water partition coefficient (Wildman–Crippen LogP) is 1.90. The summed E-state index contributed by atoms with van der Waals surface area (Å²) in [6, 6.07) is 7.88. The quantitative estimate of drug-likeness (QED) is 0.804. The van der Waals surface area contributed by atoms with Crippen molar-refractivity contribution in [2.24, 2.45) is 0 Å². The van der Waals surface area contributed by atoms with E-state index >= 15 is 0 Å². The fourth-order valence-corrected chi connectivity index (χ4v) is 1.33. The highest BCUT2D eigenvalue weighted by atomic mass is 16.5. The third-order valence-electron chi connectivity index (χ3n) is 2.08. The van der Waals surface area contributed by atoms with Crippen LogP contribution in [0, 0.1) is 0 Å². The van der Waals surface area contributed by atoms with E-state index in [0.29, 0.717) is 6.54 Å². The average Bonchev–Trinajstić information content (AvgIpc) is 2.18. The van der Waals surface area contributed by atoms with Gasteiger partial charge in [0, 0.05) is 19.3 Å². The zero-order valence-corrected chi connectivity index (χ0v) is 9.60. The largest absolute Gasteiger partial charge is 0.491 e. The molecule has 0 fully saturated rings. The summed E-state index contributed by atoms with van der Waals surface area (Å²) in [5.74, 6) is 0.881. The summed E-state index contributed by atoms with van der Waals surface area (Å²) in [5, 5.41) is 8.81. The second-order valence-electron chi connectivity index (χ2n) is 3.81. The van der Waals surface area contributed by atoms with E-state index < -0.39 is 0 Å². The topological polar surface area (TPSA) is 32.7 Å². The second-order valence-corrected chi connectivity index (χ2v) is 3.81. The Kier molecular flexibility index (Phi) is 4.43.